The van der Waals surface area contributed by atoms with Gasteiger partial charge in [0.1, 0.15) is 0 Å². The van der Waals surface area contributed by atoms with Crippen molar-refractivity contribution in [1.82, 2.24) is 0 Å². The summed E-state index contributed by atoms with van der Waals surface area (Å²) in [6, 6.07) is 18.2. The molecule has 1 fully saturated rings. The number of rotatable bonds is 5. The van der Waals surface area contributed by atoms with Gasteiger partial charge in [-0.25, -0.2) is 0 Å². The molecule has 4 atom stereocenters. The quantitative estimate of drug-likeness (QED) is 0.445. The van der Waals surface area contributed by atoms with Gasteiger partial charge in [0.25, 0.3) is 0 Å². The Morgan fingerprint density at radius 3 is 1.97 bits per heavy atom. The van der Waals surface area contributed by atoms with Gasteiger partial charge in [0, 0.05) is 30.9 Å². The Morgan fingerprint density at radius 1 is 0.833 bits per heavy atom. The maximum atomic E-state index is 2.75. The highest BCUT2D eigenvalue weighted by Crippen LogP contribution is 2.58. The van der Waals surface area contributed by atoms with Crippen molar-refractivity contribution in [2.45, 2.75) is 91.0 Å². The van der Waals surface area contributed by atoms with Crippen LogP contribution in [0.15, 0.2) is 48.5 Å². The van der Waals surface area contributed by atoms with Gasteiger partial charge in [-0.15, -0.1) is 0 Å². The monoisotopic (exact) mass is 402 g/mol. The van der Waals surface area contributed by atoms with Crippen LogP contribution in [-0.2, 0) is 0 Å². The summed E-state index contributed by atoms with van der Waals surface area (Å²) in [6.07, 6.45) is 6.52. The average Bonchev–Trinajstić information content (AvgIpc) is 2.73. The van der Waals surface area contributed by atoms with E-state index in [2.05, 4.69) is 108 Å². The van der Waals surface area contributed by atoms with Crippen molar-refractivity contribution in [3.63, 3.8) is 0 Å². The topological polar surface area (TPSA) is 3.01 Å². The van der Waals surface area contributed by atoms with Crippen LogP contribution in [0.1, 0.15) is 102 Å². The van der Waals surface area contributed by atoms with Crippen LogP contribution in [0, 0.1) is 11.3 Å². The lowest BCUT2D eigenvalue weighted by Gasteiger charge is -2.52. The van der Waals surface area contributed by atoms with Crippen LogP contribution in [0.5, 0.6) is 0 Å². The van der Waals surface area contributed by atoms with Crippen molar-refractivity contribution < 1.29 is 4.58 Å². The predicted octanol–water partition coefficient (Wildman–Crippen LogP) is 8.03. The summed E-state index contributed by atoms with van der Waals surface area (Å²) in [4.78, 5) is 0. The van der Waals surface area contributed by atoms with Crippen molar-refractivity contribution >= 4 is 11.9 Å². The smallest absolute Gasteiger partial charge is 0.197 e. The van der Waals surface area contributed by atoms with Crippen molar-refractivity contribution in [3.05, 3.63) is 65.2 Å². The van der Waals surface area contributed by atoms with Crippen LogP contribution in [0.2, 0.25) is 0 Å². The SMILES string of the molecule is CC(C)c1cccc(C(C)C)c1[N+]1=CC2(C(C)c3ccccc3)CCC1(C)C[C@@H]2C. The zero-order valence-electron chi connectivity index (χ0n) is 20.1. The third kappa shape index (κ3) is 3.26. The van der Waals surface area contributed by atoms with Crippen molar-refractivity contribution in [2.75, 3.05) is 0 Å². The molecule has 2 bridgehead atoms. The van der Waals surface area contributed by atoms with E-state index in [1.54, 1.807) is 0 Å². The largest absolute Gasteiger partial charge is 0.212 e. The van der Waals surface area contributed by atoms with E-state index in [0.29, 0.717) is 23.7 Å². The lowest BCUT2D eigenvalue weighted by molar-refractivity contribution is -0.553. The molecule has 3 aliphatic rings. The molecule has 1 aliphatic carbocycles. The first-order chi connectivity index (χ1) is 14.2. The van der Waals surface area contributed by atoms with E-state index >= 15 is 0 Å². The van der Waals surface area contributed by atoms with Crippen LogP contribution in [-0.4, -0.2) is 16.3 Å². The molecule has 1 saturated carbocycles. The molecular weight excluding hydrogens is 362 g/mol. The summed E-state index contributed by atoms with van der Waals surface area (Å²) in [5, 5.41) is 0. The van der Waals surface area contributed by atoms with Crippen LogP contribution in [0.4, 0.5) is 5.69 Å². The standard InChI is InChI=1S/C29H40N/c1-20(2)25-14-11-15-26(21(3)4)27(25)30-19-29(17-16-28(30,7)18-22(29)5)23(6)24-12-9-8-10-13-24/h8-15,19-23H,16-18H2,1-7H3/q+1/t22-,23?,28?,29?/m0/s1. The fourth-order valence-electron chi connectivity index (χ4n) is 6.42. The molecule has 2 heterocycles. The summed E-state index contributed by atoms with van der Waals surface area (Å²) >= 11 is 0. The number of benzene rings is 2. The van der Waals surface area contributed by atoms with Gasteiger partial charge in [0.05, 0.1) is 5.41 Å². The average molecular weight is 403 g/mol. The van der Waals surface area contributed by atoms with E-state index in [1.807, 2.05) is 0 Å². The van der Waals surface area contributed by atoms with E-state index < -0.39 is 0 Å². The molecule has 30 heavy (non-hydrogen) atoms. The molecule has 0 N–H and O–H groups in total. The van der Waals surface area contributed by atoms with Crippen molar-refractivity contribution in [3.8, 4) is 0 Å². The summed E-state index contributed by atoms with van der Waals surface area (Å²) in [5.41, 5.74) is 6.42. The second-order valence-corrected chi connectivity index (χ2v) is 10.9. The van der Waals surface area contributed by atoms with Crippen LogP contribution < -0.4 is 0 Å². The molecule has 0 aromatic heterocycles. The normalized spacial score (nSPS) is 29.4. The minimum Gasteiger partial charge on any atom is -0.197 e. The van der Waals surface area contributed by atoms with Gasteiger partial charge < -0.3 is 0 Å². The lowest BCUT2D eigenvalue weighted by Crippen LogP contribution is -2.58. The maximum absolute atomic E-state index is 2.75. The van der Waals surface area contributed by atoms with Gasteiger partial charge in [0.15, 0.2) is 11.8 Å². The molecule has 0 saturated heterocycles. The number of para-hydroxylation sites is 1. The van der Waals surface area contributed by atoms with Crippen LogP contribution >= 0.6 is 0 Å². The highest BCUT2D eigenvalue weighted by Gasteiger charge is 2.59. The molecule has 2 aliphatic heterocycles. The van der Waals surface area contributed by atoms with Crippen LogP contribution in [0.3, 0.4) is 0 Å². The Bertz CT molecular complexity index is 912. The highest BCUT2D eigenvalue weighted by atomic mass is 15.1. The second-order valence-electron chi connectivity index (χ2n) is 10.9. The van der Waals surface area contributed by atoms with Gasteiger partial charge in [-0.1, -0.05) is 90.1 Å². The van der Waals surface area contributed by atoms with E-state index in [1.165, 1.54) is 41.6 Å². The first-order valence-electron chi connectivity index (χ1n) is 12.0. The highest BCUT2D eigenvalue weighted by molar-refractivity contribution is 5.69. The number of hydrogen-bond donors (Lipinski definition) is 0. The summed E-state index contributed by atoms with van der Waals surface area (Å²) in [7, 11) is 0. The molecule has 3 unspecified atom stereocenters. The molecule has 5 rings (SSSR count). The molecular formula is C29H40N+. The Kier molecular flexibility index (Phi) is 5.45. The summed E-state index contributed by atoms with van der Waals surface area (Å²) in [6.45, 7) is 16.9. The fourth-order valence-corrected chi connectivity index (χ4v) is 6.42. The van der Waals surface area contributed by atoms with E-state index in [-0.39, 0.29) is 11.0 Å². The maximum Gasteiger partial charge on any atom is 0.212 e. The van der Waals surface area contributed by atoms with Gasteiger partial charge in [0.2, 0.25) is 5.69 Å². The Balaban J connectivity index is 1.94. The van der Waals surface area contributed by atoms with Gasteiger partial charge in [-0.05, 0) is 35.7 Å². The number of fused-ring (bicyclic) bond motifs is 2. The molecule has 160 valence electrons. The third-order valence-electron chi connectivity index (χ3n) is 8.40. The lowest BCUT2D eigenvalue weighted by atomic mass is 9.53. The van der Waals surface area contributed by atoms with Crippen LogP contribution in [0.25, 0.3) is 0 Å². The minimum absolute atomic E-state index is 0.214. The number of nitrogens with zero attached hydrogens (tertiary/aromatic N) is 1. The number of hydrogen-bond acceptors (Lipinski definition) is 0. The van der Waals surface area contributed by atoms with Gasteiger partial charge >= 0.3 is 0 Å². The minimum atomic E-state index is 0.214. The Hall–Kier alpha value is -1.89. The zero-order valence-corrected chi connectivity index (χ0v) is 20.1. The first-order valence-corrected chi connectivity index (χ1v) is 12.0. The molecule has 1 heteroatoms. The van der Waals surface area contributed by atoms with Gasteiger partial charge in [-0.2, -0.15) is 4.58 Å². The first kappa shape index (κ1) is 21.3. The van der Waals surface area contributed by atoms with Gasteiger partial charge in [-0.3, -0.25) is 0 Å². The molecule has 1 nitrogen and oxygen atoms in total. The fraction of sp³-hybridized carbons (Fsp3) is 0.552. The Morgan fingerprint density at radius 2 is 1.43 bits per heavy atom. The molecule has 2 aromatic rings. The predicted molar refractivity (Wildman–Crippen MR) is 129 cm³/mol. The molecule has 0 radical (unpaired) electrons. The molecule has 2 aromatic carbocycles. The second kappa shape index (κ2) is 7.66. The van der Waals surface area contributed by atoms with E-state index in [0.717, 1.165) is 0 Å². The third-order valence-corrected chi connectivity index (χ3v) is 8.40. The summed E-state index contributed by atoms with van der Waals surface area (Å²) < 4.78 is 2.75. The van der Waals surface area contributed by atoms with E-state index in [4.69, 9.17) is 0 Å². The van der Waals surface area contributed by atoms with Crippen molar-refractivity contribution in [1.29, 1.82) is 0 Å². The Labute approximate surface area is 184 Å². The van der Waals surface area contributed by atoms with Crippen molar-refractivity contribution in [2.24, 2.45) is 11.3 Å². The molecule has 0 amide bonds. The summed E-state index contributed by atoms with van der Waals surface area (Å²) in [5.74, 6) is 2.26. The zero-order chi connectivity index (χ0) is 21.7. The molecule has 0 spiro atoms. The van der Waals surface area contributed by atoms with E-state index in [9.17, 15) is 0 Å².